The van der Waals surface area contributed by atoms with E-state index in [-0.39, 0.29) is 0 Å². The number of nitrogens with zero attached hydrogens (tertiary/aromatic N) is 2. The van der Waals surface area contributed by atoms with E-state index in [1.54, 1.807) is 0 Å². The van der Waals surface area contributed by atoms with Crippen molar-refractivity contribution in [3.05, 3.63) is 36.5 Å². The first kappa shape index (κ1) is 8.05. The topological polar surface area (TPSA) is 17.8 Å². The predicted molar refractivity (Wildman–Crippen MR) is 55.4 cm³/mol. The molecule has 0 unspecified atom stereocenters. The van der Waals surface area contributed by atoms with E-state index in [1.807, 2.05) is 24.9 Å². The van der Waals surface area contributed by atoms with Gasteiger partial charge in [0.1, 0.15) is 0 Å². The van der Waals surface area contributed by atoms with Gasteiger partial charge in [-0.3, -0.25) is 4.68 Å². The third-order valence-corrected chi connectivity index (χ3v) is 2.24. The second-order valence-corrected chi connectivity index (χ2v) is 3.32. The second kappa shape index (κ2) is 2.73. The Morgan fingerprint density at radius 2 is 2.23 bits per heavy atom. The van der Waals surface area contributed by atoms with Crippen molar-refractivity contribution in [2.24, 2.45) is 7.05 Å². The van der Waals surface area contributed by atoms with Gasteiger partial charge in [0.25, 0.3) is 0 Å². The van der Waals surface area contributed by atoms with Crippen molar-refractivity contribution in [2.75, 3.05) is 0 Å². The number of aromatic nitrogens is 2. The summed E-state index contributed by atoms with van der Waals surface area (Å²) < 4.78 is 1.87. The van der Waals surface area contributed by atoms with Crippen LogP contribution in [-0.2, 0) is 7.05 Å². The highest BCUT2D eigenvalue weighted by molar-refractivity contribution is 5.82. The van der Waals surface area contributed by atoms with Gasteiger partial charge in [-0.1, -0.05) is 18.2 Å². The minimum atomic E-state index is 1.09. The van der Waals surface area contributed by atoms with Gasteiger partial charge in [0, 0.05) is 12.4 Å². The number of benzene rings is 1. The molecule has 0 aliphatic heterocycles. The Morgan fingerprint density at radius 1 is 1.46 bits per heavy atom. The average Bonchev–Trinajstić information content (AvgIpc) is 2.47. The quantitative estimate of drug-likeness (QED) is 0.646. The van der Waals surface area contributed by atoms with Gasteiger partial charge >= 0.3 is 0 Å². The first-order valence-electron chi connectivity index (χ1n) is 4.26. The van der Waals surface area contributed by atoms with Gasteiger partial charge in [0.15, 0.2) is 0 Å². The van der Waals surface area contributed by atoms with Gasteiger partial charge in [-0.05, 0) is 24.6 Å². The molecule has 0 bridgehead atoms. The van der Waals surface area contributed by atoms with Gasteiger partial charge in [-0.15, -0.1) is 0 Å². The van der Waals surface area contributed by atoms with E-state index in [0.29, 0.717) is 0 Å². The maximum Gasteiger partial charge on any atom is 0.0679 e. The van der Waals surface area contributed by atoms with E-state index in [1.165, 1.54) is 10.9 Å². The van der Waals surface area contributed by atoms with E-state index in [4.69, 9.17) is 0 Å². The van der Waals surface area contributed by atoms with Crippen LogP contribution in [0.15, 0.2) is 31.0 Å². The number of allylic oxidation sites excluding steroid dienone is 1. The first-order valence-corrected chi connectivity index (χ1v) is 4.26. The smallest absolute Gasteiger partial charge is 0.0679 e. The highest BCUT2D eigenvalue weighted by Crippen LogP contribution is 2.18. The molecule has 0 aliphatic carbocycles. The Balaban J connectivity index is 2.70. The Labute approximate surface area is 77.5 Å². The molecule has 13 heavy (non-hydrogen) atoms. The second-order valence-electron chi connectivity index (χ2n) is 3.32. The molecule has 66 valence electrons. The Morgan fingerprint density at radius 3 is 2.92 bits per heavy atom. The summed E-state index contributed by atoms with van der Waals surface area (Å²) in [4.78, 5) is 0. The highest BCUT2D eigenvalue weighted by Gasteiger charge is 2.00. The van der Waals surface area contributed by atoms with Crippen LogP contribution in [0.3, 0.4) is 0 Å². The van der Waals surface area contributed by atoms with Crippen LogP contribution >= 0.6 is 0 Å². The highest BCUT2D eigenvalue weighted by atomic mass is 15.2. The largest absolute Gasteiger partial charge is 0.268 e. The molecule has 0 saturated heterocycles. The van der Waals surface area contributed by atoms with Crippen molar-refractivity contribution in [1.82, 2.24) is 9.78 Å². The van der Waals surface area contributed by atoms with Gasteiger partial charge in [0.2, 0.25) is 0 Å². The molecule has 0 saturated carbocycles. The lowest BCUT2D eigenvalue weighted by Gasteiger charge is -1.99. The van der Waals surface area contributed by atoms with Crippen LogP contribution in [-0.4, -0.2) is 9.78 Å². The van der Waals surface area contributed by atoms with Crippen molar-refractivity contribution in [1.29, 1.82) is 0 Å². The van der Waals surface area contributed by atoms with E-state index >= 15 is 0 Å². The molecule has 2 nitrogen and oxygen atoms in total. The molecule has 1 aromatic heterocycles. The Kier molecular flexibility index (Phi) is 1.69. The van der Waals surface area contributed by atoms with E-state index < -0.39 is 0 Å². The summed E-state index contributed by atoms with van der Waals surface area (Å²) >= 11 is 0. The molecule has 2 rings (SSSR count). The van der Waals surface area contributed by atoms with Crippen LogP contribution in [0.25, 0.3) is 16.5 Å². The number of fused-ring (bicyclic) bond motifs is 1. The number of hydrogen-bond acceptors (Lipinski definition) is 1. The standard InChI is InChI=1S/C11H12N2/c1-8(2)9-4-5-11-10(6-9)7-12-13(11)3/h4-7H,1H2,2-3H3. The summed E-state index contributed by atoms with van der Waals surface area (Å²) in [6.07, 6.45) is 1.88. The number of rotatable bonds is 1. The molecule has 2 heteroatoms. The molecule has 0 amide bonds. The van der Waals surface area contributed by atoms with Crippen molar-refractivity contribution in [3.63, 3.8) is 0 Å². The van der Waals surface area contributed by atoms with Gasteiger partial charge in [-0.2, -0.15) is 5.10 Å². The van der Waals surface area contributed by atoms with Crippen LogP contribution in [0.1, 0.15) is 12.5 Å². The monoisotopic (exact) mass is 172 g/mol. The number of aryl methyl sites for hydroxylation is 1. The summed E-state index contributed by atoms with van der Waals surface area (Å²) in [6, 6.07) is 6.27. The average molecular weight is 172 g/mol. The summed E-state index contributed by atoms with van der Waals surface area (Å²) in [5.41, 5.74) is 3.43. The van der Waals surface area contributed by atoms with Crippen LogP contribution in [0.4, 0.5) is 0 Å². The fraction of sp³-hybridized carbons (Fsp3) is 0.182. The number of hydrogen-bond donors (Lipinski definition) is 0. The zero-order valence-electron chi connectivity index (χ0n) is 7.91. The molecular formula is C11H12N2. The molecule has 0 aliphatic rings. The fourth-order valence-corrected chi connectivity index (χ4v) is 1.43. The predicted octanol–water partition coefficient (Wildman–Crippen LogP) is 2.61. The van der Waals surface area contributed by atoms with Crippen molar-refractivity contribution >= 4 is 16.5 Å². The van der Waals surface area contributed by atoms with Crippen LogP contribution in [0.2, 0.25) is 0 Å². The van der Waals surface area contributed by atoms with E-state index in [2.05, 4.69) is 29.9 Å². The molecule has 0 atom stereocenters. The van der Waals surface area contributed by atoms with Crippen molar-refractivity contribution in [2.45, 2.75) is 6.92 Å². The SMILES string of the molecule is C=C(C)c1ccc2c(cnn2C)c1. The summed E-state index contributed by atoms with van der Waals surface area (Å²) in [6.45, 7) is 5.92. The van der Waals surface area contributed by atoms with E-state index in [9.17, 15) is 0 Å². The van der Waals surface area contributed by atoms with Crippen molar-refractivity contribution in [3.8, 4) is 0 Å². The Hall–Kier alpha value is -1.57. The molecule has 0 spiro atoms. The summed E-state index contributed by atoms with van der Waals surface area (Å²) in [5.74, 6) is 0. The molecule has 0 fully saturated rings. The minimum Gasteiger partial charge on any atom is -0.268 e. The molecular weight excluding hydrogens is 160 g/mol. The normalized spacial score (nSPS) is 10.6. The van der Waals surface area contributed by atoms with E-state index in [0.717, 1.165) is 11.1 Å². The van der Waals surface area contributed by atoms with Gasteiger partial charge < -0.3 is 0 Å². The summed E-state index contributed by atoms with van der Waals surface area (Å²) in [5, 5.41) is 5.35. The van der Waals surface area contributed by atoms with Gasteiger partial charge in [-0.25, -0.2) is 0 Å². The maximum absolute atomic E-state index is 4.18. The van der Waals surface area contributed by atoms with Crippen LogP contribution in [0, 0.1) is 0 Å². The third kappa shape index (κ3) is 1.24. The minimum absolute atomic E-state index is 1.09. The van der Waals surface area contributed by atoms with Crippen molar-refractivity contribution < 1.29 is 0 Å². The molecule has 1 aromatic carbocycles. The lowest BCUT2D eigenvalue weighted by Crippen LogP contribution is -1.88. The lowest BCUT2D eigenvalue weighted by atomic mass is 10.1. The zero-order chi connectivity index (χ0) is 9.42. The zero-order valence-corrected chi connectivity index (χ0v) is 7.91. The molecule has 0 radical (unpaired) electrons. The van der Waals surface area contributed by atoms with Gasteiger partial charge in [0.05, 0.1) is 11.7 Å². The molecule has 2 aromatic rings. The Bertz CT molecular complexity index is 466. The lowest BCUT2D eigenvalue weighted by molar-refractivity contribution is 0.797. The van der Waals surface area contributed by atoms with Crippen LogP contribution < -0.4 is 0 Å². The first-order chi connectivity index (χ1) is 6.18. The third-order valence-electron chi connectivity index (χ3n) is 2.24. The molecule has 1 heterocycles. The van der Waals surface area contributed by atoms with Crippen LogP contribution in [0.5, 0.6) is 0 Å². The summed E-state index contributed by atoms with van der Waals surface area (Å²) in [7, 11) is 1.95. The molecule has 0 N–H and O–H groups in total. The fourth-order valence-electron chi connectivity index (χ4n) is 1.43. The maximum atomic E-state index is 4.18.